The molecule has 3 heteroatoms. The molecule has 0 aliphatic rings. The number of carbonyl (C=O) groups is 1. The summed E-state index contributed by atoms with van der Waals surface area (Å²) in [5.74, 6) is 0.852. The van der Waals surface area contributed by atoms with Crippen molar-refractivity contribution in [3.05, 3.63) is 41.3 Å². The zero-order valence-corrected chi connectivity index (χ0v) is 11.1. The highest BCUT2D eigenvalue weighted by atomic mass is 16.1. The number of aldehydes is 1. The quantitative estimate of drug-likeness (QED) is 0.772. The first-order valence-electron chi connectivity index (χ1n) is 6.25. The van der Waals surface area contributed by atoms with Crippen LogP contribution in [-0.2, 0) is 13.5 Å². The lowest BCUT2D eigenvalue weighted by Gasteiger charge is -2.02. The molecule has 1 aromatic carbocycles. The predicted octanol–water partition coefficient (Wildman–Crippen LogP) is 3.16. The van der Waals surface area contributed by atoms with Crippen molar-refractivity contribution in [1.82, 2.24) is 9.55 Å². The third-order valence-corrected chi connectivity index (χ3v) is 3.24. The molecule has 94 valence electrons. The van der Waals surface area contributed by atoms with Crippen LogP contribution in [0.2, 0.25) is 0 Å². The number of imidazole rings is 1. The van der Waals surface area contributed by atoms with E-state index in [4.69, 9.17) is 0 Å². The number of hydrogen-bond acceptors (Lipinski definition) is 2. The fourth-order valence-corrected chi connectivity index (χ4v) is 2.09. The number of aromatic nitrogens is 2. The van der Waals surface area contributed by atoms with E-state index in [2.05, 4.69) is 24.0 Å². The maximum atomic E-state index is 11.1. The Bertz CT molecular complexity index is 553. The van der Waals surface area contributed by atoms with Gasteiger partial charge < -0.3 is 4.57 Å². The van der Waals surface area contributed by atoms with Gasteiger partial charge in [0.25, 0.3) is 0 Å². The van der Waals surface area contributed by atoms with Gasteiger partial charge in [0, 0.05) is 12.6 Å². The summed E-state index contributed by atoms with van der Waals surface area (Å²) in [7, 11) is 1.86. The van der Waals surface area contributed by atoms with Gasteiger partial charge in [0.2, 0.25) is 0 Å². The SMILES string of the molecule is CCCc1ccc(-c2nc(C)n(C)c2C=O)cc1. The zero-order chi connectivity index (χ0) is 13.1. The molecule has 0 saturated heterocycles. The largest absolute Gasteiger partial charge is 0.329 e. The molecule has 0 aliphatic heterocycles. The lowest BCUT2D eigenvalue weighted by Crippen LogP contribution is -1.97. The van der Waals surface area contributed by atoms with Crippen LogP contribution in [0.25, 0.3) is 11.3 Å². The van der Waals surface area contributed by atoms with E-state index in [1.54, 1.807) is 0 Å². The topological polar surface area (TPSA) is 34.9 Å². The van der Waals surface area contributed by atoms with Crippen LogP contribution in [0.15, 0.2) is 24.3 Å². The molecule has 3 nitrogen and oxygen atoms in total. The summed E-state index contributed by atoms with van der Waals surface area (Å²) in [6.45, 7) is 4.07. The van der Waals surface area contributed by atoms with Gasteiger partial charge in [0.15, 0.2) is 6.29 Å². The first-order valence-corrected chi connectivity index (χ1v) is 6.25. The highest BCUT2D eigenvalue weighted by molar-refractivity contribution is 5.84. The van der Waals surface area contributed by atoms with Crippen LogP contribution in [0.4, 0.5) is 0 Å². The van der Waals surface area contributed by atoms with Crippen molar-refractivity contribution in [3.8, 4) is 11.3 Å². The monoisotopic (exact) mass is 242 g/mol. The molecule has 0 bridgehead atoms. The summed E-state index contributed by atoms with van der Waals surface area (Å²) >= 11 is 0. The van der Waals surface area contributed by atoms with Crippen molar-refractivity contribution >= 4 is 6.29 Å². The Labute approximate surface area is 107 Å². The van der Waals surface area contributed by atoms with E-state index in [9.17, 15) is 4.79 Å². The molecule has 0 N–H and O–H groups in total. The molecule has 2 rings (SSSR count). The molecule has 0 spiro atoms. The average Bonchev–Trinajstić information content (AvgIpc) is 2.67. The van der Waals surface area contributed by atoms with Gasteiger partial charge in [-0.25, -0.2) is 4.98 Å². The predicted molar refractivity (Wildman–Crippen MR) is 72.8 cm³/mol. The molecule has 1 heterocycles. The summed E-state index contributed by atoms with van der Waals surface area (Å²) < 4.78 is 1.82. The average molecular weight is 242 g/mol. The van der Waals surface area contributed by atoms with E-state index < -0.39 is 0 Å². The Morgan fingerprint density at radius 2 is 1.94 bits per heavy atom. The molecule has 18 heavy (non-hydrogen) atoms. The highest BCUT2D eigenvalue weighted by Gasteiger charge is 2.12. The van der Waals surface area contributed by atoms with Crippen LogP contribution in [0, 0.1) is 6.92 Å². The first kappa shape index (κ1) is 12.6. The lowest BCUT2D eigenvalue weighted by atomic mass is 10.1. The van der Waals surface area contributed by atoms with Crippen LogP contribution in [0.1, 0.15) is 35.2 Å². The molecule has 0 saturated carbocycles. The van der Waals surface area contributed by atoms with Crippen molar-refractivity contribution in [2.75, 3.05) is 0 Å². The van der Waals surface area contributed by atoms with Gasteiger partial charge in [0.1, 0.15) is 11.5 Å². The van der Waals surface area contributed by atoms with Crippen LogP contribution in [0.5, 0.6) is 0 Å². The summed E-state index contributed by atoms with van der Waals surface area (Å²) in [6.07, 6.45) is 3.10. The maximum absolute atomic E-state index is 11.1. The zero-order valence-electron chi connectivity index (χ0n) is 11.1. The van der Waals surface area contributed by atoms with E-state index in [1.165, 1.54) is 5.56 Å². The molecular weight excluding hydrogens is 224 g/mol. The molecule has 2 aromatic rings. The van der Waals surface area contributed by atoms with E-state index in [0.29, 0.717) is 5.69 Å². The Morgan fingerprint density at radius 3 is 2.50 bits per heavy atom. The highest BCUT2D eigenvalue weighted by Crippen LogP contribution is 2.23. The Balaban J connectivity index is 2.42. The molecule has 0 fully saturated rings. The van der Waals surface area contributed by atoms with Gasteiger partial charge in [-0.15, -0.1) is 0 Å². The fraction of sp³-hybridized carbons (Fsp3) is 0.333. The first-order chi connectivity index (χ1) is 8.67. The minimum Gasteiger partial charge on any atom is -0.329 e. The van der Waals surface area contributed by atoms with Crippen LogP contribution in [0.3, 0.4) is 0 Å². The molecule has 0 radical (unpaired) electrons. The maximum Gasteiger partial charge on any atom is 0.168 e. The third kappa shape index (κ3) is 2.21. The number of hydrogen-bond donors (Lipinski definition) is 0. The number of nitrogens with zero attached hydrogens (tertiary/aromatic N) is 2. The number of aryl methyl sites for hydroxylation is 2. The van der Waals surface area contributed by atoms with Crippen molar-refractivity contribution < 1.29 is 4.79 Å². The summed E-state index contributed by atoms with van der Waals surface area (Å²) in [5.41, 5.74) is 3.73. The van der Waals surface area contributed by atoms with Gasteiger partial charge in [0.05, 0.1) is 5.69 Å². The van der Waals surface area contributed by atoms with Gasteiger partial charge in [-0.1, -0.05) is 37.6 Å². The minimum atomic E-state index is 0.635. The number of benzene rings is 1. The number of rotatable bonds is 4. The molecule has 0 aliphatic carbocycles. The third-order valence-electron chi connectivity index (χ3n) is 3.24. The second-order valence-corrected chi connectivity index (χ2v) is 4.52. The van der Waals surface area contributed by atoms with Gasteiger partial charge in [-0.05, 0) is 18.9 Å². The van der Waals surface area contributed by atoms with E-state index in [0.717, 1.165) is 36.2 Å². The van der Waals surface area contributed by atoms with Gasteiger partial charge in [-0.3, -0.25) is 4.79 Å². The summed E-state index contributed by atoms with van der Waals surface area (Å²) in [6, 6.07) is 8.30. The van der Waals surface area contributed by atoms with Crippen LogP contribution in [-0.4, -0.2) is 15.8 Å². The molecule has 1 aromatic heterocycles. The van der Waals surface area contributed by atoms with Crippen molar-refractivity contribution in [2.24, 2.45) is 7.05 Å². The molecular formula is C15H18N2O. The van der Waals surface area contributed by atoms with E-state index in [-0.39, 0.29) is 0 Å². The molecule has 0 unspecified atom stereocenters. The molecule has 0 atom stereocenters. The normalized spacial score (nSPS) is 10.6. The number of carbonyl (C=O) groups excluding carboxylic acids is 1. The summed E-state index contributed by atoms with van der Waals surface area (Å²) in [5, 5.41) is 0. The van der Waals surface area contributed by atoms with E-state index in [1.807, 2.05) is 30.7 Å². The second-order valence-electron chi connectivity index (χ2n) is 4.52. The smallest absolute Gasteiger partial charge is 0.168 e. The van der Waals surface area contributed by atoms with E-state index >= 15 is 0 Å². The van der Waals surface area contributed by atoms with Crippen molar-refractivity contribution in [3.63, 3.8) is 0 Å². The van der Waals surface area contributed by atoms with Gasteiger partial charge >= 0.3 is 0 Å². The van der Waals surface area contributed by atoms with Crippen LogP contribution < -0.4 is 0 Å². The fourth-order valence-electron chi connectivity index (χ4n) is 2.09. The Hall–Kier alpha value is -1.90. The van der Waals surface area contributed by atoms with Gasteiger partial charge in [-0.2, -0.15) is 0 Å². The lowest BCUT2D eigenvalue weighted by molar-refractivity contribution is 0.111. The summed E-state index contributed by atoms with van der Waals surface area (Å²) in [4.78, 5) is 15.6. The Kier molecular flexibility index (Phi) is 3.60. The molecule has 0 amide bonds. The standard InChI is InChI=1S/C15H18N2O/c1-4-5-12-6-8-13(9-7-12)15-14(10-18)17(3)11(2)16-15/h6-10H,4-5H2,1-3H3. The van der Waals surface area contributed by atoms with Crippen LogP contribution >= 0.6 is 0 Å². The van der Waals surface area contributed by atoms with Crippen molar-refractivity contribution in [2.45, 2.75) is 26.7 Å². The minimum absolute atomic E-state index is 0.635. The Morgan fingerprint density at radius 1 is 1.28 bits per heavy atom. The second kappa shape index (κ2) is 5.17. The van der Waals surface area contributed by atoms with Crippen molar-refractivity contribution in [1.29, 1.82) is 0 Å².